The van der Waals surface area contributed by atoms with Gasteiger partial charge in [-0.2, -0.15) is 0 Å². The summed E-state index contributed by atoms with van der Waals surface area (Å²) >= 11 is 15.2. The molecule has 0 amide bonds. The van der Waals surface area contributed by atoms with E-state index in [1.54, 1.807) is 6.07 Å². The van der Waals surface area contributed by atoms with Crippen LogP contribution in [0, 0.1) is 0 Å². The number of alkyl halides is 1. The summed E-state index contributed by atoms with van der Waals surface area (Å²) in [6.45, 7) is 0. The Morgan fingerprint density at radius 3 is 2.61 bits per heavy atom. The van der Waals surface area contributed by atoms with Crippen LogP contribution in [0.4, 0.5) is 0 Å². The van der Waals surface area contributed by atoms with Crippen molar-refractivity contribution in [2.24, 2.45) is 0 Å². The van der Waals surface area contributed by atoms with E-state index >= 15 is 0 Å². The molecule has 1 saturated carbocycles. The second kappa shape index (κ2) is 5.67. The van der Waals surface area contributed by atoms with E-state index in [1.807, 2.05) is 0 Å². The van der Waals surface area contributed by atoms with Gasteiger partial charge < -0.3 is 0 Å². The summed E-state index contributed by atoms with van der Waals surface area (Å²) in [4.78, 5) is 0.202. The molecule has 1 fully saturated rings. The first kappa shape index (κ1) is 14.6. The molecular weight excluding hydrogens is 361 g/mol. The van der Waals surface area contributed by atoms with E-state index in [9.17, 15) is 8.42 Å². The van der Waals surface area contributed by atoms with Crippen LogP contribution < -0.4 is 4.72 Å². The van der Waals surface area contributed by atoms with Crippen LogP contribution in [0.1, 0.15) is 19.3 Å². The molecule has 1 aromatic rings. The highest BCUT2D eigenvalue weighted by Crippen LogP contribution is 2.29. The zero-order valence-corrected chi connectivity index (χ0v) is 13.3. The average molecular weight is 373 g/mol. The zero-order chi connectivity index (χ0) is 13.3. The number of sulfonamides is 1. The Kier molecular flexibility index (Phi) is 4.60. The summed E-state index contributed by atoms with van der Waals surface area (Å²) in [6, 6.07) is 4.32. The van der Waals surface area contributed by atoms with E-state index in [1.165, 1.54) is 12.1 Å². The van der Waals surface area contributed by atoms with Crippen molar-refractivity contribution in [3.63, 3.8) is 0 Å². The van der Waals surface area contributed by atoms with Crippen molar-refractivity contribution < 1.29 is 8.42 Å². The molecule has 1 aliphatic carbocycles. The molecule has 18 heavy (non-hydrogen) atoms. The molecular formula is C11H12BrCl2NO2S. The van der Waals surface area contributed by atoms with E-state index in [0.29, 0.717) is 5.02 Å². The van der Waals surface area contributed by atoms with Gasteiger partial charge in [0, 0.05) is 15.9 Å². The maximum Gasteiger partial charge on any atom is 0.242 e. The molecule has 2 atom stereocenters. The van der Waals surface area contributed by atoms with Gasteiger partial charge in [0.2, 0.25) is 10.0 Å². The second-order valence-electron chi connectivity index (χ2n) is 4.25. The van der Waals surface area contributed by atoms with Crippen molar-refractivity contribution in [1.29, 1.82) is 0 Å². The first-order valence-electron chi connectivity index (χ1n) is 5.51. The van der Waals surface area contributed by atoms with Gasteiger partial charge >= 0.3 is 0 Å². The molecule has 2 unspecified atom stereocenters. The minimum absolute atomic E-state index is 0.0308. The molecule has 1 aromatic carbocycles. The number of nitrogens with one attached hydrogen (secondary N) is 1. The predicted molar refractivity (Wildman–Crippen MR) is 77.1 cm³/mol. The normalized spacial score (nSPS) is 24.4. The molecule has 0 aromatic heterocycles. The van der Waals surface area contributed by atoms with Gasteiger partial charge in [-0.1, -0.05) is 45.6 Å². The first-order chi connectivity index (χ1) is 8.40. The van der Waals surface area contributed by atoms with Crippen molar-refractivity contribution in [3.05, 3.63) is 28.2 Å². The number of rotatable bonds is 3. The summed E-state index contributed by atoms with van der Waals surface area (Å²) < 4.78 is 27.1. The smallest absolute Gasteiger partial charge is 0.207 e. The third kappa shape index (κ3) is 3.20. The van der Waals surface area contributed by atoms with Gasteiger partial charge in [0.1, 0.15) is 4.90 Å². The quantitative estimate of drug-likeness (QED) is 0.824. The van der Waals surface area contributed by atoms with Gasteiger partial charge in [-0.05, 0) is 31.0 Å². The Morgan fingerprint density at radius 2 is 2.00 bits per heavy atom. The third-order valence-corrected chi connectivity index (χ3v) is 6.22. The van der Waals surface area contributed by atoms with Crippen LogP contribution in [0.2, 0.25) is 10.0 Å². The Bertz CT molecular complexity index is 550. The average Bonchev–Trinajstić information content (AvgIpc) is 2.67. The van der Waals surface area contributed by atoms with Gasteiger partial charge in [0.15, 0.2) is 0 Å². The van der Waals surface area contributed by atoms with Gasteiger partial charge in [0.05, 0.1) is 5.02 Å². The SMILES string of the molecule is O=S(=O)(NC1CCCC1Br)c1cc(Cl)ccc1Cl. The Morgan fingerprint density at radius 1 is 1.28 bits per heavy atom. The number of hydrogen-bond donors (Lipinski definition) is 1. The molecule has 1 N–H and O–H groups in total. The maximum atomic E-state index is 12.2. The van der Waals surface area contributed by atoms with E-state index < -0.39 is 10.0 Å². The fourth-order valence-electron chi connectivity index (χ4n) is 1.99. The van der Waals surface area contributed by atoms with Crippen LogP contribution in [-0.2, 0) is 10.0 Å². The van der Waals surface area contributed by atoms with Gasteiger partial charge in [-0.3, -0.25) is 0 Å². The zero-order valence-electron chi connectivity index (χ0n) is 9.37. The second-order valence-corrected chi connectivity index (χ2v) is 7.95. The highest BCUT2D eigenvalue weighted by atomic mass is 79.9. The molecule has 0 saturated heterocycles. The number of hydrogen-bond acceptors (Lipinski definition) is 2. The Balaban J connectivity index is 2.28. The summed E-state index contributed by atoms with van der Waals surface area (Å²) in [5.74, 6) is 0. The minimum Gasteiger partial charge on any atom is -0.207 e. The number of benzene rings is 1. The van der Waals surface area contributed by atoms with E-state index in [-0.39, 0.29) is 20.8 Å². The van der Waals surface area contributed by atoms with Crippen LogP contribution in [-0.4, -0.2) is 19.3 Å². The van der Waals surface area contributed by atoms with Crippen LogP contribution in [0.15, 0.2) is 23.1 Å². The topological polar surface area (TPSA) is 46.2 Å². The van der Waals surface area contributed by atoms with Gasteiger partial charge in [-0.15, -0.1) is 0 Å². The Hall–Kier alpha value is 0.190. The summed E-state index contributed by atoms with van der Waals surface area (Å²) in [7, 11) is -3.63. The summed E-state index contributed by atoms with van der Waals surface area (Å²) in [5.41, 5.74) is 0. The van der Waals surface area contributed by atoms with Crippen molar-refractivity contribution in [2.45, 2.75) is 35.0 Å². The highest BCUT2D eigenvalue weighted by molar-refractivity contribution is 9.09. The van der Waals surface area contributed by atoms with E-state index in [0.717, 1.165) is 19.3 Å². The minimum atomic E-state index is -3.63. The fraction of sp³-hybridized carbons (Fsp3) is 0.455. The monoisotopic (exact) mass is 371 g/mol. The lowest BCUT2D eigenvalue weighted by Gasteiger charge is -2.17. The lowest BCUT2D eigenvalue weighted by Crippen LogP contribution is -2.37. The highest BCUT2D eigenvalue weighted by Gasteiger charge is 2.30. The van der Waals surface area contributed by atoms with E-state index in [2.05, 4.69) is 20.7 Å². The van der Waals surface area contributed by atoms with Crippen molar-refractivity contribution in [2.75, 3.05) is 0 Å². The van der Waals surface area contributed by atoms with E-state index in [4.69, 9.17) is 23.2 Å². The van der Waals surface area contributed by atoms with Gasteiger partial charge in [-0.25, -0.2) is 13.1 Å². The summed E-state index contributed by atoms with van der Waals surface area (Å²) in [6.07, 6.45) is 2.80. The Labute approximate surface area is 125 Å². The molecule has 2 rings (SSSR count). The third-order valence-electron chi connectivity index (χ3n) is 2.92. The predicted octanol–water partition coefficient (Wildman–Crippen LogP) is 3.59. The first-order valence-corrected chi connectivity index (χ1v) is 8.67. The lowest BCUT2D eigenvalue weighted by atomic mass is 10.3. The van der Waals surface area contributed by atoms with Crippen LogP contribution in [0.25, 0.3) is 0 Å². The molecule has 0 bridgehead atoms. The number of halogens is 3. The fourth-order valence-corrected chi connectivity index (χ4v) is 4.96. The molecule has 3 nitrogen and oxygen atoms in total. The molecule has 7 heteroatoms. The van der Waals surface area contributed by atoms with Crippen LogP contribution >= 0.6 is 39.1 Å². The molecule has 100 valence electrons. The van der Waals surface area contributed by atoms with Crippen molar-refractivity contribution >= 4 is 49.2 Å². The molecule has 1 aliphatic rings. The van der Waals surface area contributed by atoms with Crippen LogP contribution in [0.5, 0.6) is 0 Å². The molecule has 0 radical (unpaired) electrons. The largest absolute Gasteiger partial charge is 0.242 e. The molecule has 0 heterocycles. The lowest BCUT2D eigenvalue weighted by molar-refractivity contribution is 0.556. The van der Waals surface area contributed by atoms with Gasteiger partial charge in [0.25, 0.3) is 0 Å². The standard InChI is InChI=1S/C11H12BrCl2NO2S/c12-8-2-1-3-10(8)15-18(16,17)11-6-7(13)4-5-9(11)14/h4-6,8,10,15H,1-3H2. The van der Waals surface area contributed by atoms with Crippen molar-refractivity contribution in [1.82, 2.24) is 4.72 Å². The molecule has 0 aliphatic heterocycles. The molecule has 0 spiro atoms. The summed E-state index contributed by atoms with van der Waals surface area (Å²) in [5, 5.41) is 0.526. The maximum absolute atomic E-state index is 12.2. The van der Waals surface area contributed by atoms with Crippen molar-refractivity contribution in [3.8, 4) is 0 Å². The van der Waals surface area contributed by atoms with Crippen LogP contribution in [0.3, 0.4) is 0 Å².